The number of para-hydroxylation sites is 1. The highest BCUT2D eigenvalue weighted by Crippen LogP contribution is 2.43. The van der Waals surface area contributed by atoms with Crippen molar-refractivity contribution < 1.29 is 14.7 Å². The number of carboxylic acid groups (broad SMARTS) is 1. The molecule has 5 heteroatoms. The molecule has 1 aliphatic carbocycles. The van der Waals surface area contributed by atoms with Gasteiger partial charge in [-0.3, -0.25) is 14.6 Å². The molecule has 1 aliphatic heterocycles. The number of amides is 1. The molecule has 1 amide bonds. The molecule has 1 saturated heterocycles. The van der Waals surface area contributed by atoms with E-state index >= 15 is 0 Å². The maximum absolute atomic E-state index is 13.3. The monoisotopic (exact) mass is 468 g/mol. The van der Waals surface area contributed by atoms with Crippen LogP contribution in [0.3, 0.4) is 0 Å². The van der Waals surface area contributed by atoms with E-state index in [0.29, 0.717) is 41.1 Å². The summed E-state index contributed by atoms with van der Waals surface area (Å²) in [6.07, 6.45) is 1.27. The van der Waals surface area contributed by atoms with E-state index in [1.54, 1.807) is 18.2 Å². The van der Waals surface area contributed by atoms with Crippen molar-refractivity contribution in [2.75, 3.05) is 24.5 Å². The highest BCUT2D eigenvalue weighted by atomic mass is 16.4. The van der Waals surface area contributed by atoms with Crippen molar-refractivity contribution in [1.29, 1.82) is 0 Å². The first-order valence-electron chi connectivity index (χ1n) is 12.5. The highest BCUT2D eigenvalue weighted by molar-refractivity contribution is 6.13. The second-order valence-corrected chi connectivity index (χ2v) is 10.0. The Labute approximate surface area is 207 Å². The lowest BCUT2D eigenvalue weighted by molar-refractivity contribution is 0.103. The average Bonchev–Trinajstić information content (AvgIpc) is 3.10. The molecule has 3 aromatic carbocycles. The van der Waals surface area contributed by atoms with E-state index in [1.807, 2.05) is 43.3 Å². The molecule has 180 valence electrons. The van der Waals surface area contributed by atoms with Crippen LogP contribution < -0.4 is 4.90 Å². The topological polar surface area (TPSA) is 60.9 Å². The number of hydrogen-bond acceptors (Lipinski definition) is 3. The second-order valence-electron chi connectivity index (χ2n) is 10.0. The predicted molar refractivity (Wildman–Crippen MR) is 138 cm³/mol. The molecule has 2 unspecified atom stereocenters. The maximum Gasteiger partial charge on any atom is 0.411 e. The molecule has 3 aromatic rings. The molecular formula is C30H32N2O3. The van der Waals surface area contributed by atoms with Crippen LogP contribution in [0.2, 0.25) is 0 Å². The van der Waals surface area contributed by atoms with Crippen LogP contribution in [0.1, 0.15) is 39.9 Å². The zero-order valence-electron chi connectivity index (χ0n) is 20.1. The minimum absolute atomic E-state index is 0.146. The minimum atomic E-state index is -1.000. The van der Waals surface area contributed by atoms with Crippen LogP contribution in [-0.2, 0) is 6.54 Å². The van der Waals surface area contributed by atoms with Crippen LogP contribution in [0.4, 0.5) is 10.5 Å². The summed E-state index contributed by atoms with van der Waals surface area (Å²) in [5.74, 6) is 1.10. The van der Waals surface area contributed by atoms with Gasteiger partial charge in [0, 0.05) is 37.3 Å². The molecule has 1 heterocycles. The summed E-state index contributed by atoms with van der Waals surface area (Å²) in [5.41, 5.74) is 3.89. The van der Waals surface area contributed by atoms with Crippen LogP contribution in [-0.4, -0.2) is 41.5 Å². The Morgan fingerprint density at radius 1 is 0.886 bits per heavy atom. The van der Waals surface area contributed by atoms with Crippen molar-refractivity contribution in [3.05, 3.63) is 101 Å². The number of rotatable bonds is 7. The smallest absolute Gasteiger partial charge is 0.411 e. The van der Waals surface area contributed by atoms with Gasteiger partial charge >= 0.3 is 6.09 Å². The first-order valence-corrected chi connectivity index (χ1v) is 12.5. The second kappa shape index (κ2) is 10.0. The van der Waals surface area contributed by atoms with Crippen molar-refractivity contribution >= 4 is 17.6 Å². The number of carbonyl (C=O) groups excluding carboxylic acids is 1. The quantitative estimate of drug-likeness (QED) is 0.441. The third-order valence-electron chi connectivity index (χ3n) is 7.73. The Balaban J connectivity index is 1.35. The Morgan fingerprint density at radius 3 is 2.17 bits per heavy atom. The van der Waals surface area contributed by atoms with Gasteiger partial charge in [0.25, 0.3) is 0 Å². The van der Waals surface area contributed by atoms with Gasteiger partial charge in [0.15, 0.2) is 5.78 Å². The van der Waals surface area contributed by atoms with Crippen LogP contribution in [0, 0.1) is 24.7 Å². The number of nitrogens with zero attached hydrogens (tertiary/aromatic N) is 2. The lowest BCUT2D eigenvalue weighted by atomic mass is 9.84. The van der Waals surface area contributed by atoms with E-state index in [1.165, 1.54) is 10.5 Å². The Hall–Kier alpha value is -3.44. The molecule has 1 saturated carbocycles. The van der Waals surface area contributed by atoms with Gasteiger partial charge in [-0.25, -0.2) is 4.79 Å². The van der Waals surface area contributed by atoms with Gasteiger partial charge in [-0.15, -0.1) is 0 Å². The summed E-state index contributed by atoms with van der Waals surface area (Å²) in [5, 5.41) is 10.2. The fraction of sp³-hybridized carbons (Fsp3) is 0.333. The first kappa shape index (κ1) is 23.3. The number of benzene rings is 3. The summed E-state index contributed by atoms with van der Waals surface area (Å²) in [7, 11) is 0. The van der Waals surface area contributed by atoms with Crippen LogP contribution in [0.15, 0.2) is 78.9 Å². The van der Waals surface area contributed by atoms with E-state index in [2.05, 4.69) is 29.2 Å². The van der Waals surface area contributed by atoms with Gasteiger partial charge in [0.2, 0.25) is 0 Å². The van der Waals surface area contributed by atoms with Crippen molar-refractivity contribution in [3.63, 3.8) is 0 Å². The molecule has 0 spiro atoms. The molecule has 5 nitrogen and oxygen atoms in total. The first-order chi connectivity index (χ1) is 17.0. The van der Waals surface area contributed by atoms with Crippen molar-refractivity contribution in [2.24, 2.45) is 17.8 Å². The fourth-order valence-electron chi connectivity index (χ4n) is 5.95. The average molecular weight is 469 g/mol. The lowest BCUT2D eigenvalue weighted by Crippen LogP contribution is -2.47. The largest absolute Gasteiger partial charge is 0.465 e. The maximum atomic E-state index is 13.3. The SMILES string of the molecule is Cc1ccc(C(=O)c2ccccc2N(CC2C3CCC2CN(Cc2ccccc2)C3)C(=O)O)cc1. The standard InChI is InChI=1S/C30H32N2O3/c1-21-11-13-23(14-12-21)29(33)26-9-5-6-10-28(26)32(30(34)35)20-27-24-15-16-25(27)19-31(18-24)17-22-7-3-2-4-8-22/h2-14,24-25,27H,15-20H2,1H3,(H,34,35). The number of fused-ring (bicyclic) bond motifs is 2. The molecule has 2 aliphatic rings. The van der Waals surface area contributed by atoms with E-state index in [9.17, 15) is 14.7 Å². The molecule has 5 rings (SSSR count). The van der Waals surface area contributed by atoms with Gasteiger partial charge in [0.1, 0.15) is 0 Å². The molecule has 2 bridgehead atoms. The highest BCUT2D eigenvalue weighted by Gasteiger charge is 2.43. The number of anilines is 1. The van der Waals surface area contributed by atoms with Gasteiger partial charge < -0.3 is 5.11 Å². The Bertz CT molecular complexity index is 1180. The third-order valence-corrected chi connectivity index (χ3v) is 7.73. The number of hydrogen-bond donors (Lipinski definition) is 1. The van der Waals surface area contributed by atoms with Crippen LogP contribution in [0.5, 0.6) is 0 Å². The Kier molecular flexibility index (Phi) is 6.69. The molecule has 1 N–H and O–H groups in total. The number of aryl methyl sites for hydroxylation is 1. The van der Waals surface area contributed by atoms with Crippen molar-refractivity contribution in [1.82, 2.24) is 4.90 Å². The summed E-state index contributed by atoms with van der Waals surface area (Å²) < 4.78 is 0. The number of likely N-dealkylation sites (tertiary alicyclic amines) is 1. The van der Waals surface area contributed by atoms with Crippen molar-refractivity contribution in [3.8, 4) is 0 Å². The zero-order valence-corrected chi connectivity index (χ0v) is 20.1. The zero-order chi connectivity index (χ0) is 24.4. The molecule has 2 atom stereocenters. The predicted octanol–water partition coefficient (Wildman–Crippen LogP) is 5.87. The molecule has 0 radical (unpaired) electrons. The van der Waals surface area contributed by atoms with E-state index in [4.69, 9.17) is 0 Å². The van der Waals surface area contributed by atoms with E-state index in [0.717, 1.165) is 38.0 Å². The van der Waals surface area contributed by atoms with Crippen LogP contribution in [0.25, 0.3) is 0 Å². The number of ketones is 1. The van der Waals surface area contributed by atoms with Gasteiger partial charge in [-0.1, -0.05) is 72.3 Å². The minimum Gasteiger partial charge on any atom is -0.465 e. The summed E-state index contributed by atoms with van der Waals surface area (Å²) in [4.78, 5) is 29.7. The van der Waals surface area contributed by atoms with E-state index in [-0.39, 0.29) is 5.78 Å². The molecular weight excluding hydrogens is 436 g/mol. The van der Waals surface area contributed by atoms with Gasteiger partial charge in [0.05, 0.1) is 5.69 Å². The van der Waals surface area contributed by atoms with Gasteiger partial charge in [-0.05, 0) is 55.2 Å². The number of piperidine rings is 1. The van der Waals surface area contributed by atoms with E-state index < -0.39 is 6.09 Å². The molecule has 0 aromatic heterocycles. The molecule has 35 heavy (non-hydrogen) atoms. The summed E-state index contributed by atoms with van der Waals surface area (Å²) in [6.45, 7) is 5.34. The van der Waals surface area contributed by atoms with Gasteiger partial charge in [-0.2, -0.15) is 0 Å². The number of carbonyl (C=O) groups is 2. The van der Waals surface area contributed by atoms with Crippen molar-refractivity contribution in [2.45, 2.75) is 26.3 Å². The lowest BCUT2D eigenvalue weighted by Gasteiger charge is -2.40. The molecule has 2 fully saturated rings. The third kappa shape index (κ3) is 5.01. The Morgan fingerprint density at radius 2 is 1.51 bits per heavy atom. The normalized spacial score (nSPS) is 21.6. The van der Waals surface area contributed by atoms with Crippen LogP contribution >= 0.6 is 0 Å². The fourth-order valence-corrected chi connectivity index (χ4v) is 5.95. The summed E-state index contributed by atoms with van der Waals surface area (Å²) >= 11 is 0. The summed E-state index contributed by atoms with van der Waals surface area (Å²) in [6, 6.07) is 25.1.